The van der Waals surface area contributed by atoms with Gasteiger partial charge in [-0.3, -0.25) is 4.79 Å². The van der Waals surface area contributed by atoms with Gasteiger partial charge < -0.3 is 14.4 Å². The molecule has 3 fully saturated rings. The molecule has 2 heterocycles. The number of fused-ring (bicyclic) bond motifs is 1. The van der Waals surface area contributed by atoms with E-state index in [1.807, 2.05) is 4.90 Å². The monoisotopic (exact) mass is 331 g/mol. The van der Waals surface area contributed by atoms with Gasteiger partial charge in [-0.25, -0.2) is 9.97 Å². The topological polar surface area (TPSA) is 64.6 Å². The van der Waals surface area contributed by atoms with Crippen LogP contribution in [-0.2, 0) is 9.47 Å². The average molecular weight is 331 g/mol. The van der Waals surface area contributed by atoms with E-state index in [1.165, 1.54) is 0 Å². The number of carbonyl (C=O) groups is 1. The Kier molecular flexibility index (Phi) is 4.04. The van der Waals surface area contributed by atoms with Gasteiger partial charge in [-0.15, -0.1) is 0 Å². The molecule has 1 aromatic heterocycles. The number of nitrogens with zero attached hydrogens (tertiary/aromatic N) is 3. The Balaban J connectivity index is 1.54. The van der Waals surface area contributed by atoms with Crippen LogP contribution in [0.4, 0.5) is 0 Å². The van der Waals surface area contributed by atoms with Crippen LogP contribution >= 0.6 is 0 Å². The van der Waals surface area contributed by atoms with Crippen LogP contribution in [-0.4, -0.2) is 59.3 Å². The molecule has 0 bridgehead atoms. The van der Waals surface area contributed by atoms with Gasteiger partial charge in [0.05, 0.1) is 23.3 Å². The highest BCUT2D eigenvalue weighted by molar-refractivity contribution is 5.94. The van der Waals surface area contributed by atoms with Gasteiger partial charge in [0, 0.05) is 39.1 Å². The van der Waals surface area contributed by atoms with Gasteiger partial charge in [0.1, 0.15) is 5.82 Å². The fourth-order valence-corrected chi connectivity index (χ4v) is 4.29. The molecule has 0 spiro atoms. The Labute approximate surface area is 142 Å². The standard InChI is InChI=1S/C18H25N3O3/c1-23-14-5-6-18(24-2)7-8-21(15(18)9-14)17(22)13-10-19-16(20-11-13)12-3-4-12/h10-12,14-15H,3-9H2,1-2H3/t14?,15?,18-/m1/s1. The van der Waals surface area contributed by atoms with E-state index < -0.39 is 0 Å². The van der Waals surface area contributed by atoms with E-state index in [4.69, 9.17) is 9.47 Å². The molecule has 2 saturated carbocycles. The predicted molar refractivity (Wildman–Crippen MR) is 87.8 cm³/mol. The van der Waals surface area contributed by atoms with Gasteiger partial charge in [-0.1, -0.05) is 0 Å². The van der Waals surface area contributed by atoms with Crippen LogP contribution in [0.5, 0.6) is 0 Å². The molecule has 0 aromatic carbocycles. The minimum absolute atomic E-state index is 0.0121. The van der Waals surface area contributed by atoms with Crippen LogP contribution in [0.25, 0.3) is 0 Å². The number of carbonyl (C=O) groups excluding carboxylic acids is 1. The van der Waals surface area contributed by atoms with Crippen molar-refractivity contribution in [3.8, 4) is 0 Å². The van der Waals surface area contributed by atoms with Gasteiger partial charge in [0.25, 0.3) is 5.91 Å². The second-order valence-corrected chi connectivity index (χ2v) is 7.27. The molecular weight excluding hydrogens is 306 g/mol. The summed E-state index contributed by atoms with van der Waals surface area (Å²) in [6, 6.07) is 0.0665. The van der Waals surface area contributed by atoms with Crippen LogP contribution in [0.1, 0.15) is 60.6 Å². The zero-order valence-corrected chi connectivity index (χ0v) is 14.4. The quantitative estimate of drug-likeness (QED) is 0.846. The van der Waals surface area contributed by atoms with Crippen LogP contribution in [0.3, 0.4) is 0 Å². The zero-order valence-electron chi connectivity index (χ0n) is 14.4. The normalized spacial score (nSPS) is 32.7. The summed E-state index contributed by atoms with van der Waals surface area (Å²) in [7, 11) is 3.51. The highest BCUT2D eigenvalue weighted by Crippen LogP contribution is 2.43. The third-order valence-electron chi connectivity index (χ3n) is 6.00. The predicted octanol–water partition coefficient (Wildman–Crippen LogP) is 2.15. The van der Waals surface area contributed by atoms with Crippen molar-refractivity contribution in [2.24, 2.45) is 0 Å². The molecule has 4 rings (SSSR count). The fraction of sp³-hybridized carbons (Fsp3) is 0.722. The van der Waals surface area contributed by atoms with E-state index in [2.05, 4.69) is 9.97 Å². The molecule has 24 heavy (non-hydrogen) atoms. The number of hydrogen-bond donors (Lipinski definition) is 0. The van der Waals surface area contributed by atoms with E-state index in [9.17, 15) is 4.79 Å². The number of rotatable bonds is 4. The molecule has 1 aliphatic heterocycles. The molecule has 6 heteroatoms. The SMILES string of the molecule is COC1CC[C@@]2(OC)CCN(C(=O)c3cnc(C4CC4)nc3)C2C1. The van der Waals surface area contributed by atoms with Gasteiger partial charge in [-0.2, -0.15) is 0 Å². The summed E-state index contributed by atoms with van der Waals surface area (Å²) in [6.45, 7) is 0.720. The molecule has 1 saturated heterocycles. The lowest BCUT2D eigenvalue weighted by Crippen LogP contribution is -2.53. The summed E-state index contributed by atoms with van der Waals surface area (Å²) in [5.41, 5.74) is 0.352. The lowest BCUT2D eigenvalue weighted by atomic mass is 9.79. The second-order valence-electron chi connectivity index (χ2n) is 7.27. The third kappa shape index (κ3) is 2.62. The van der Waals surface area contributed by atoms with E-state index in [0.717, 1.165) is 50.9 Å². The molecule has 1 amide bonds. The molecule has 3 atom stereocenters. The number of likely N-dealkylation sites (tertiary alicyclic amines) is 1. The first kappa shape index (κ1) is 16.0. The number of hydrogen-bond acceptors (Lipinski definition) is 5. The van der Waals surface area contributed by atoms with Gasteiger partial charge in [0.15, 0.2) is 0 Å². The number of aromatic nitrogens is 2. The van der Waals surface area contributed by atoms with Crippen LogP contribution < -0.4 is 0 Å². The summed E-state index contributed by atoms with van der Waals surface area (Å²) < 4.78 is 11.4. The van der Waals surface area contributed by atoms with Crippen molar-refractivity contribution in [1.82, 2.24) is 14.9 Å². The van der Waals surface area contributed by atoms with Gasteiger partial charge in [-0.05, 0) is 38.5 Å². The van der Waals surface area contributed by atoms with E-state index in [1.54, 1.807) is 26.6 Å². The zero-order chi connectivity index (χ0) is 16.7. The van der Waals surface area contributed by atoms with Crippen LogP contribution in [0.15, 0.2) is 12.4 Å². The summed E-state index contributed by atoms with van der Waals surface area (Å²) in [5, 5.41) is 0. The minimum Gasteiger partial charge on any atom is -0.381 e. The van der Waals surface area contributed by atoms with Crippen molar-refractivity contribution in [1.29, 1.82) is 0 Å². The highest BCUT2D eigenvalue weighted by atomic mass is 16.5. The first-order chi connectivity index (χ1) is 11.7. The Bertz CT molecular complexity index is 616. The summed E-state index contributed by atoms with van der Waals surface area (Å²) in [6.07, 6.45) is 9.54. The number of amides is 1. The molecule has 2 aliphatic carbocycles. The highest BCUT2D eigenvalue weighted by Gasteiger charge is 2.52. The largest absolute Gasteiger partial charge is 0.381 e. The van der Waals surface area contributed by atoms with Gasteiger partial charge >= 0.3 is 0 Å². The fourth-order valence-electron chi connectivity index (χ4n) is 4.29. The van der Waals surface area contributed by atoms with E-state index in [0.29, 0.717) is 11.5 Å². The molecule has 3 aliphatic rings. The summed E-state index contributed by atoms with van der Waals surface area (Å²) in [4.78, 5) is 23.7. The van der Waals surface area contributed by atoms with Crippen molar-refractivity contribution in [3.05, 3.63) is 23.8 Å². The van der Waals surface area contributed by atoms with Crippen molar-refractivity contribution in [2.75, 3.05) is 20.8 Å². The molecule has 1 aromatic rings. The molecule has 2 unspecified atom stereocenters. The number of ether oxygens (including phenoxy) is 2. The van der Waals surface area contributed by atoms with E-state index in [-0.39, 0.29) is 23.7 Å². The molecule has 0 radical (unpaired) electrons. The minimum atomic E-state index is -0.223. The van der Waals surface area contributed by atoms with Gasteiger partial charge in [0.2, 0.25) is 0 Å². The maximum atomic E-state index is 13.0. The Morgan fingerprint density at radius 3 is 2.58 bits per heavy atom. The summed E-state index contributed by atoms with van der Waals surface area (Å²) >= 11 is 0. The Hall–Kier alpha value is -1.53. The van der Waals surface area contributed by atoms with Crippen LogP contribution in [0, 0.1) is 0 Å². The smallest absolute Gasteiger partial charge is 0.257 e. The Morgan fingerprint density at radius 1 is 1.21 bits per heavy atom. The molecule has 130 valence electrons. The second kappa shape index (κ2) is 6.08. The third-order valence-corrected chi connectivity index (χ3v) is 6.00. The van der Waals surface area contributed by atoms with Crippen molar-refractivity contribution in [3.63, 3.8) is 0 Å². The van der Waals surface area contributed by atoms with Crippen molar-refractivity contribution >= 4 is 5.91 Å². The first-order valence-electron chi connectivity index (χ1n) is 8.88. The summed E-state index contributed by atoms with van der Waals surface area (Å²) in [5.74, 6) is 1.39. The first-order valence-corrected chi connectivity index (χ1v) is 8.88. The average Bonchev–Trinajstić information content (AvgIpc) is 3.41. The maximum absolute atomic E-state index is 13.0. The van der Waals surface area contributed by atoms with Crippen molar-refractivity contribution in [2.45, 2.75) is 62.2 Å². The lowest BCUT2D eigenvalue weighted by molar-refractivity contribution is -0.0893. The lowest BCUT2D eigenvalue weighted by Gasteiger charge is -2.43. The van der Waals surface area contributed by atoms with Crippen molar-refractivity contribution < 1.29 is 14.3 Å². The molecular formula is C18H25N3O3. The Morgan fingerprint density at radius 2 is 1.96 bits per heavy atom. The van der Waals surface area contributed by atoms with Crippen LogP contribution in [0.2, 0.25) is 0 Å². The molecule has 6 nitrogen and oxygen atoms in total. The van der Waals surface area contributed by atoms with E-state index >= 15 is 0 Å². The molecule has 0 N–H and O–H groups in total. The maximum Gasteiger partial charge on any atom is 0.257 e. The number of methoxy groups -OCH3 is 2.